The normalized spacial score (nSPS) is 16.4. The third kappa shape index (κ3) is 5.59. The molecule has 2 aromatic heterocycles. The summed E-state index contributed by atoms with van der Waals surface area (Å²) in [7, 11) is 0. The van der Waals surface area contributed by atoms with Gasteiger partial charge in [-0.3, -0.25) is 9.36 Å². The Kier molecular flexibility index (Phi) is 7.23. The maximum atomic E-state index is 13.7. The lowest BCUT2D eigenvalue weighted by Crippen LogP contribution is -2.36. The number of anilines is 2. The minimum absolute atomic E-state index is 0.00210. The van der Waals surface area contributed by atoms with Crippen LogP contribution in [0, 0.1) is 17.2 Å². The van der Waals surface area contributed by atoms with Crippen LogP contribution in [0.2, 0.25) is 5.02 Å². The Hall–Kier alpha value is -3.91. The SMILES string of the molecule is C[C@H](Nc1ncnc(N)c1C#N)c1nc2cccc(Cl)c2c(=O)n1CC1CCN(C(=O)OC(C)(C)C)C1. The van der Waals surface area contributed by atoms with Crippen LogP contribution in [0.1, 0.15) is 51.5 Å². The highest BCUT2D eigenvalue weighted by Gasteiger charge is 2.31. The monoisotopic (exact) mass is 524 g/mol. The summed E-state index contributed by atoms with van der Waals surface area (Å²) in [5, 5.41) is 13.3. The Bertz CT molecular complexity index is 1440. The second-order valence-corrected chi connectivity index (χ2v) is 10.5. The van der Waals surface area contributed by atoms with Gasteiger partial charge in [-0.1, -0.05) is 17.7 Å². The summed E-state index contributed by atoms with van der Waals surface area (Å²) in [6, 6.07) is 6.60. The van der Waals surface area contributed by atoms with Gasteiger partial charge < -0.3 is 20.7 Å². The number of nitrogen functional groups attached to an aromatic ring is 1. The standard InChI is InChI=1S/C25H29ClN8O3/c1-14(31-21-16(10-27)20(28)29-13-30-21)22-32-18-7-5-6-17(26)19(18)23(35)34(22)12-15-8-9-33(11-15)24(36)37-25(2,3)4/h5-7,13-15H,8-9,11-12H2,1-4H3,(H3,28,29,30,31)/t14-,15?/m0/s1. The lowest BCUT2D eigenvalue weighted by Gasteiger charge is -2.25. The first kappa shape index (κ1) is 26.2. The molecule has 3 heterocycles. The first-order valence-corrected chi connectivity index (χ1v) is 12.3. The van der Waals surface area contributed by atoms with Crippen LogP contribution >= 0.6 is 11.6 Å². The first-order valence-electron chi connectivity index (χ1n) is 11.9. The number of aromatic nitrogens is 4. The molecule has 12 heteroatoms. The maximum absolute atomic E-state index is 13.7. The fraction of sp³-hybridized carbons (Fsp3) is 0.440. The summed E-state index contributed by atoms with van der Waals surface area (Å²) >= 11 is 6.39. The van der Waals surface area contributed by atoms with E-state index < -0.39 is 11.6 Å². The fourth-order valence-electron chi connectivity index (χ4n) is 4.37. The van der Waals surface area contributed by atoms with Gasteiger partial charge in [0.1, 0.15) is 41.0 Å². The Labute approximate surface area is 219 Å². The number of ether oxygens (including phenoxy) is 1. The predicted molar refractivity (Wildman–Crippen MR) is 140 cm³/mol. The molecule has 2 atom stereocenters. The molecule has 1 saturated heterocycles. The third-order valence-electron chi connectivity index (χ3n) is 6.07. The van der Waals surface area contributed by atoms with Crippen molar-refractivity contribution >= 4 is 40.2 Å². The predicted octanol–water partition coefficient (Wildman–Crippen LogP) is 3.72. The minimum Gasteiger partial charge on any atom is -0.444 e. The number of halogens is 1. The molecule has 1 aliphatic heterocycles. The van der Waals surface area contributed by atoms with Crippen molar-refractivity contribution in [3.8, 4) is 6.07 Å². The number of hydrogen-bond donors (Lipinski definition) is 2. The van der Waals surface area contributed by atoms with Crippen LogP contribution in [0.3, 0.4) is 0 Å². The summed E-state index contributed by atoms with van der Waals surface area (Å²) in [5.41, 5.74) is 5.53. The number of benzene rings is 1. The second kappa shape index (κ2) is 10.2. The molecule has 1 unspecified atom stereocenters. The average Bonchev–Trinajstić information content (AvgIpc) is 3.29. The van der Waals surface area contributed by atoms with Crippen molar-refractivity contribution < 1.29 is 9.53 Å². The van der Waals surface area contributed by atoms with E-state index in [1.54, 1.807) is 27.7 Å². The van der Waals surface area contributed by atoms with E-state index in [1.165, 1.54) is 6.33 Å². The van der Waals surface area contributed by atoms with Crippen LogP contribution in [0.4, 0.5) is 16.4 Å². The molecule has 1 fully saturated rings. The van der Waals surface area contributed by atoms with Gasteiger partial charge in [0.25, 0.3) is 5.56 Å². The van der Waals surface area contributed by atoms with Crippen molar-refractivity contribution in [2.75, 3.05) is 24.1 Å². The van der Waals surface area contributed by atoms with Crippen LogP contribution in [-0.2, 0) is 11.3 Å². The van der Waals surface area contributed by atoms with Crippen LogP contribution < -0.4 is 16.6 Å². The summed E-state index contributed by atoms with van der Waals surface area (Å²) in [4.78, 5) is 40.7. The second-order valence-electron chi connectivity index (χ2n) is 10.1. The van der Waals surface area contributed by atoms with E-state index in [1.807, 2.05) is 33.8 Å². The minimum atomic E-state index is -0.591. The number of carbonyl (C=O) groups is 1. The molecule has 0 aliphatic carbocycles. The lowest BCUT2D eigenvalue weighted by molar-refractivity contribution is 0.0287. The number of fused-ring (bicyclic) bond motifs is 1. The zero-order chi connectivity index (χ0) is 26.9. The van der Waals surface area contributed by atoms with Gasteiger partial charge in [0, 0.05) is 19.6 Å². The van der Waals surface area contributed by atoms with E-state index in [4.69, 9.17) is 27.1 Å². The van der Waals surface area contributed by atoms with Gasteiger partial charge in [-0.05, 0) is 52.2 Å². The van der Waals surface area contributed by atoms with E-state index in [2.05, 4.69) is 15.3 Å². The Morgan fingerprint density at radius 1 is 1.38 bits per heavy atom. The van der Waals surface area contributed by atoms with Crippen LogP contribution in [0.15, 0.2) is 29.3 Å². The van der Waals surface area contributed by atoms with Gasteiger partial charge in [0.2, 0.25) is 0 Å². The Balaban J connectivity index is 1.69. The first-order chi connectivity index (χ1) is 17.5. The van der Waals surface area contributed by atoms with Crippen molar-refractivity contribution in [3.63, 3.8) is 0 Å². The highest BCUT2D eigenvalue weighted by Crippen LogP contribution is 2.27. The largest absolute Gasteiger partial charge is 0.444 e. The van der Waals surface area contributed by atoms with Gasteiger partial charge >= 0.3 is 6.09 Å². The average molecular weight is 525 g/mol. The molecule has 4 rings (SSSR count). The highest BCUT2D eigenvalue weighted by molar-refractivity contribution is 6.35. The maximum Gasteiger partial charge on any atom is 0.410 e. The molecule has 1 aromatic carbocycles. The topological polar surface area (TPSA) is 152 Å². The van der Waals surface area contributed by atoms with Crippen LogP contribution in [0.5, 0.6) is 0 Å². The summed E-state index contributed by atoms with van der Waals surface area (Å²) in [6.07, 6.45) is 1.59. The molecule has 0 saturated carbocycles. The number of rotatable bonds is 5. The van der Waals surface area contributed by atoms with E-state index in [9.17, 15) is 14.9 Å². The zero-order valence-corrected chi connectivity index (χ0v) is 21.9. The smallest absolute Gasteiger partial charge is 0.410 e. The van der Waals surface area contributed by atoms with Gasteiger partial charge in [0.05, 0.1) is 22.0 Å². The number of carbonyl (C=O) groups excluding carboxylic acids is 1. The van der Waals surface area contributed by atoms with Crippen molar-refractivity contribution in [2.24, 2.45) is 5.92 Å². The summed E-state index contributed by atoms with van der Waals surface area (Å²) in [6.45, 7) is 8.60. The molecule has 0 bridgehead atoms. The molecule has 0 spiro atoms. The van der Waals surface area contributed by atoms with Gasteiger partial charge in [-0.15, -0.1) is 0 Å². The van der Waals surface area contributed by atoms with Crippen LogP contribution in [0.25, 0.3) is 10.9 Å². The van der Waals surface area contributed by atoms with Crippen LogP contribution in [-0.4, -0.2) is 49.2 Å². The number of nitrogens with one attached hydrogen (secondary N) is 1. The molecule has 11 nitrogen and oxygen atoms in total. The number of nitriles is 1. The third-order valence-corrected chi connectivity index (χ3v) is 6.38. The van der Waals surface area contributed by atoms with Gasteiger partial charge in [-0.2, -0.15) is 5.26 Å². The number of nitrogens with zero attached hydrogens (tertiary/aromatic N) is 6. The molecular formula is C25H29ClN8O3. The molecule has 0 radical (unpaired) electrons. The number of hydrogen-bond acceptors (Lipinski definition) is 9. The quantitative estimate of drug-likeness (QED) is 0.508. The van der Waals surface area contributed by atoms with Crippen molar-refractivity contribution in [3.05, 3.63) is 51.3 Å². The van der Waals surface area contributed by atoms with Crippen molar-refractivity contribution in [2.45, 2.75) is 52.3 Å². The van der Waals surface area contributed by atoms with Gasteiger partial charge in [-0.25, -0.2) is 19.7 Å². The summed E-state index contributed by atoms with van der Waals surface area (Å²) in [5.74, 6) is 0.737. The van der Waals surface area contributed by atoms with E-state index in [-0.39, 0.29) is 34.8 Å². The fourth-order valence-corrected chi connectivity index (χ4v) is 4.62. The van der Waals surface area contributed by atoms with E-state index >= 15 is 0 Å². The van der Waals surface area contributed by atoms with E-state index in [0.29, 0.717) is 47.8 Å². The molecule has 1 amide bonds. The summed E-state index contributed by atoms with van der Waals surface area (Å²) < 4.78 is 7.10. The highest BCUT2D eigenvalue weighted by atomic mass is 35.5. The van der Waals surface area contributed by atoms with Crippen molar-refractivity contribution in [1.29, 1.82) is 5.26 Å². The number of nitrogens with two attached hydrogens (primary N) is 1. The number of amides is 1. The molecule has 194 valence electrons. The number of likely N-dealkylation sites (tertiary alicyclic amines) is 1. The molecule has 37 heavy (non-hydrogen) atoms. The van der Waals surface area contributed by atoms with Gasteiger partial charge in [0.15, 0.2) is 0 Å². The Morgan fingerprint density at radius 2 is 2.14 bits per heavy atom. The Morgan fingerprint density at radius 3 is 2.84 bits per heavy atom. The lowest BCUT2D eigenvalue weighted by atomic mass is 10.1. The van der Waals surface area contributed by atoms with E-state index in [0.717, 1.165) is 0 Å². The zero-order valence-electron chi connectivity index (χ0n) is 21.2. The molecular weight excluding hydrogens is 496 g/mol. The molecule has 3 N–H and O–H groups in total. The molecule has 1 aliphatic rings. The van der Waals surface area contributed by atoms with Crippen molar-refractivity contribution in [1.82, 2.24) is 24.4 Å². The molecule has 3 aromatic rings.